The largest absolute Gasteiger partial charge is 0.481 e. The number of rotatable bonds is 3. The van der Waals surface area contributed by atoms with E-state index in [0.717, 1.165) is 19.2 Å². The van der Waals surface area contributed by atoms with E-state index in [-0.39, 0.29) is 5.39 Å². The van der Waals surface area contributed by atoms with Crippen molar-refractivity contribution >= 4 is 16.9 Å². The van der Waals surface area contributed by atoms with Gasteiger partial charge in [-0.3, -0.25) is 18.7 Å². The Bertz CT molecular complexity index is 864. The molecule has 0 amide bonds. The fourth-order valence-electron chi connectivity index (χ4n) is 2.22. The van der Waals surface area contributed by atoms with Gasteiger partial charge in [-0.25, -0.2) is 4.79 Å². The summed E-state index contributed by atoms with van der Waals surface area (Å²) in [5, 5.41) is 8.33. The molecule has 0 saturated heterocycles. The smallest absolute Gasteiger partial charge is 0.418 e. The minimum atomic E-state index is -4.72. The van der Waals surface area contributed by atoms with Gasteiger partial charge in [-0.05, 0) is 12.1 Å². The molecule has 0 unspecified atom stereocenters. The van der Waals surface area contributed by atoms with E-state index in [9.17, 15) is 27.6 Å². The Morgan fingerprint density at radius 2 is 1.91 bits per heavy atom. The maximum Gasteiger partial charge on any atom is 0.418 e. The second-order valence-corrected chi connectivity index (χ2v) is 4.64. The predicted molar refractivity (Wildman–Crippen MR) is 70.7 cm³/mol. The first-order valence-corrected chi connectivity index (χ1v) is 6.16. The lowest BCUT2D eigenvalue weighted by molar-refractivity contribution is -0.137. The second-order valence-electron chi connectivity index (χ2n) is 4.64. The Morgan fingerprint density at radius 1 is 1.27 bits per heavy atom. The number of fused-ring (bicyclic) bond motifs is 1. The molecule has 0 atom stereocenters. The van der Waals surface area contributed by atoms with Crippen molar-refractivity contribution in [3.63, 3.8) is 0 Å². The van der Waals surface area contributed by atoms with E-state index in [2.05, 4.69) is 0 Å². The summed E-state index contributed by atoms with van der Waals surface area (Å²) in [6.45, 7) is -0.410. The molecule has 1 aromatic heterocycles. The highest BCUT2D eigenvalue weighted by Gasteiger charge is 2.34. The van der Waals surface area contributed by atoms with E-state index in [1.807, 2.05) is 0 Å². The summed E-state index contributed by atoms with van der Waals surface area (Å²) in [5.41, 5.74) is -3.54. The van der Waals surface area contributed by atoms with E-state index < -0.39 is 47.4 Å². The summed E-state index contributed by atoms with van der Waals surface area (Å²) in [6, 6.07) is 3.02. The van der Waals surface area contributed by atoms with Crippen molar-refractivity contribution < 1.29 is 23.1 Å². The zero-order valence-corrected chi connectivity index (χ0v) is 11.3. The van der Waals surface area contributed by atoms with Crippen LogP contribution in [0.3, 0.4) is 0 Å². The number of carboxylic acids is 1. The minimum Gasteiger partial charge on any atom is -0.481 e. The van der Waals surface area contributed by atoms with E-state index in [4.69, 9.17) is 5.11 Å². The molecule has 0 bridgehead atoms. The Labute approximate surface area is 121 Å². The number of halogens is 3. The van der Waals surface area contributed by atoms with Crippen LogP contribution in [-0.2, 0) is 24.6 Å². The number of aryl methyl sites for hydroxylation is 1. The van der Waals surface area contributed by atoms with E-state index >= 15 is 0 Å². The lowest BCUT2D eigenvalue weighted by Crippen LogP contribution is -2.40. The number of hydrogen-bond acceptors (Lipinski definition) is 3. The van der Waals surface area contributed by atoms with Crippen molar-refractivity contribution in [1.29, 1.82) is 0 Å². The molecule has 6 nitrogen and oxygen atoms in total. The molecule has 0 saturated carbocycles. The number of hydrogen-bond donors (Lipinski definition) is 1. The Morgan fingerprint density at radius 3 is 2.45 bits per heavy atom. The SMILES string of the molecule is Cn1c(=O)n(CCC(=O)O)c(=O)c2cccc(C(F)(F)F)c21. The number of alkyl halides is 3. The third-order valence-corrected chi connectivity index (χ3v) is 3.22. The molecular weight excluding hydrogens is 305 g/mol. The van der Waals surface area contributed by atoms with Crippen LogP contribution in [0.1, 0.15) is 12.0 Å². The quantitative estimate of drug-likeness (QED) is 0.922. The van der Waals surface area contributed by atoms with Crippen molar-refractivity contribution in [1.82, 2.24) is 9.13 Å². The topological polar surface area (TPSA) is 81.3 Å². The molecule has 0 aliphatic rings. The van der Waals surface area contributed by atoms with Crippen LogP contribution in [-0.4, -0.2) is 20.2 Å². The van der Waals surface area contributed by atoms with E-state index in [0.29, 0.717) is 9.13 Å². The molecule has 1 heterocycles. The third kappa shape index (κ3) is 2.61. The normalized spacial score (nSPS) is 11.8. The molecule has 0 fully saturated rings. The molecular formula is C13H11F3N2O4. The highest BCUT2D eigenvalue weighted by molar-refractivity contribution is 5.82. The van der Waals surface area contributed by atoms with Gasteiger partial charge in [0.2, 0.25) is 0 Å². The molecule has 1 aromatic carbocycles. The van der Waals surface area contributed by atoms with Gasteiger partial charge in [0.1, 0.15) is 0 Å². The van der Waals surface area contributed by atoms with Crippen LogP contribution in [0.5, 0.6) is 0 Å². The maximum absolute atomic E-state index is 13.0. The fraction of sp³-hybridized carbons (Fsp3) is 0.308. The minimum absolute atomic E-state index is 0.290. The Hall–Kier alpha value is -2.58. The molecule has 0 aliphatic heterocycles. The summed E-state index contributed by atoms with van der Waals surface area (Å²) in [5.74, 6) is -1.22. The summed E-state index contributed by atoms with van der Waals surface area (Å²) in [4.78, 5) is 34.8. The summed E-state index contributed by atoms with van der Waals surface area (Å²) < 4.78 is 40.4. The number of nitrogens with zero attached hydrogens (tertiary/aromatic N) is 2. The Kier molecular flexibility index (Phi) is 3.82. The third-order valence-electron chi connectivity index (χ3n) is 3.22. The van der Waals surface area contributed by atoms with Crippen LogP contribution in [0.25, 0.3) is 10.9 Å². The molecule has 0 spiro atoms. The zero-order chi connectivity index (χ0) is 16.7. The number of carbonyl (C=O) groups is 1. The van der Waals surface area contributed by atoms with E-state index in [1.54, 1.807) is 0 Å². The number of benzene rings is 1. The number of aliphatic carboxylic acids is 1. The predicted octanol–water partition coefficient (Wildman–Crippen LogP) is 1.19. The summed E-state index contributed by atoms with van der Waals surface area (Å²) in [6.07, 6.45) is -5.21. The number of para-hydroxylation sites is 1. The van der Waals surface area contributed by atoms with Crippen molar-refractivity contribution in [3.05, 3.63) is 44.6 Å². The van der Waals surface area contributed by atoms with Gasteiger partial charge in [-0.15, -0.1) is 0 Å². The fourth-order valence-corrected chi connectivity index (χ4v) is 2.22. The van der Waals surface area contributed by atoms with Crippen LogP contribution in [0.4, 0.5) is 13.2 Å². The van der Waals surface area contributed by atoms with Crippen molar-refractivity contribution in [2.45, 2.75) is 19.1 Å². The molecule has 0 radical (unpaired) electrons. The average molecular weight is 316 g/mol. The maximum atomic E-state index is 13.0. The highest BCUT2D eigenvalue weighted by atomic mass is 19.4. The molecule has 2 rings (SSSR count). The first kappa shape index (κ1) is 15.8. The molecule has 2 aromatic rings. The van der Waals surface area contributed by atoms with Gasteiger partial charge in [-0.2, -0.15) is 13.2 Å². The van der Waals surface area contributed by atoms with Gasteiger partial charge in [0.15, 0.2) is 0 Å². The van der Waals surface area contributed by atoms with Crippen LogP contribution < -0.4 is 11.2 Å². The zero-order valence-electron chi connectivity index (χ0n) is 11.3. The van der Waals surface area contributed by atoms with Crippen molar-refractivity contribution in [2.75, 3.05) is 0 Å². The van der Waals surface area contributed by atoms with Gasteiger partial charge >= 0.3 is 17.8 Å². The summed E-state index contributed by atoms with van der Waals surface area (Å²) >= 11 is 0. The van der Waals surface area contributed by atoms with Crippen LogP contribution in [0.15, 0.2) is 27.8 Å². The monoisotopic (exact) mass is 316 g/mol. The van der Waals surface area contributed by atoms with Crippen LogP contribution in [0.2, 0.25) is 0 Å². The first-order chi connectivity index (χ1) is 10.1. The van der Waals surface area contributed by atoms with Gasteiger partial charge in [0.25, 0.3) is 5.56 Å². The van der Waals surface area contributed by atoms with Gasteiger partial charge in [-0.1, -0.05) is 6.07 Å². The van der Waals surface area contributed by atoms with Gasteiger partial charge < -0.3 is 5.11 Å². The highest BCUT2D eigenvalue weighted by Crippen LogP contribution is 2.33. The van der Waals surface area contributed by atoms with Gasteiger partial charge in [0.05, 0.1) is 22.9 Å². The molecule has 118 valence electrons. The molecule has 1 N–H and O–H groups in total. The molecule has 0 aliphatic carbocycles. The second kappa shape index (κ2) is 5.32. The molecule has 9 heteroatoms. The van der Waals surface area contributed by atoms with Crippen LogP contribution >= 0.6 is 0 Å². The van der Waals surface area contributed by atoms with Crippen LogP contribution in [0, 0.1) is 0 Å². The number of carboxylic acid groups (broad SMARTS) is 1. The Balaban J connectivity index is 2.84. The first-order valence-electron chi connectivity index (χ1n) is 6.16. The molecule has 22 heavy (non-hydrogen) atoms. The van der Waals surface area contributed by atoms with E-state index in [1.165, 1.54) is 6.07 Å². The lowest BCUT2D eigenvalue weighted by Gasteiger charge is -2.15. The lowest BCUT2D eigenvalue weighted by atomic mass is 10.1. The average Bonchev–Trinajstić information content (AvgIpc) is 2.43. The summed E-state index contributed by atoms with van der Waals surface area (Å²) in [7, 11) is 1.11. The van der Waals surface area contributed by atoms with Gasteiger partial charge in [0, 0.05) is 13.6 Å². The standard InChI is InChI=1S/C13H11F3N2O4/c1-17-10-7(3-2-4-8(10)13(14,15)16)11(21)18(12(17)22)6-5-9(19)20/h2-4H,5-6H2,1H3,(H,19,20). The van der Waals surface area contributed by atoms with Crippen molar-refractivity contribution in [2.24, 2.45) is 7.05 Å². The van der Waals surface area contributed by atoms with Crippen molar-refractivity contribution in [3.8, 4) is 0 Å². The number of aromatic nitrogens is 2.